The molecule has 1 fully saturated rings. The van der Waals surface area contributed by atoms with E-state index in [-0.39, 0.29) is 6.10 Å². The third kappa shape index (κ3) is 6.11. The minimum absolute atomic E-state index is 0.185. The van der Waals surface area contributed by atoms with Crippen molar-refractivity contribution in [3.63, 3.8) is 0 Å². The lowest BCUT2D eigenvalue weighted by Crippen LogP contribution is -2.48. The largest absolute Gasteiger partial charge is 0.393 e. The van der Waals surface area contributed by atoms with Crippen LogP contribution in [0.2, 0.25) is 0 Å². The van der Waals surface area contributed by atoms with Gasteiger partial charge in [0.2, 0.25) is 0 Å². The summed E-state index contributed by atoms with van der Waals surface area (Å²) in [7, 11) is 2.20. The number of hydrogen-bond donors (Lipinski definition) is 2. The first-order valence-corrected chi connectivity index (χ1v) is 8.54. The number of aliphatic hydroxyl groups is 1. The summed E-state index contributed by atoms with van der Waals surface area (Å²) in [4.78, 5) is 2.41. The van der Waals surface area contributed by atoms with Crippen molar-refractivity contribution in [1.82, 2.24) is 10.2 Å². The zero-order valence-electron chi connectivity index (χ0n) is 14.2. The highest BCUT2D eigenvalue weighted by Gasteiger charge is 2.33. The van der Waals surface area contributed by atoms with E-state index in [0.717, 1.165) is 43.8 Å². The number of hydrogen-bond acceptors (Lipinski definition) is 3. The van der Waals surface area contributed by atoms with Gasteiger partial charge in [-0.1, -0.05) is 20.8 Å². The van der Waals surface area contributed by atoms with Crippen LogP contribution in [0.4, 0.5) is 0 Å². The molecule has 3 nitrogen and oxygen atoms in total. The molecule has 0 saturated heterocycles. The molecule has 1 aliphatic rings. The molecule has 2 N–H and O–H groups in total. The third-order valence-corrected chi connectivity index (χ3v) is 4.79. The van der Waals surface area contributed by atoms with Gasteiger partial charge in [-0.25, -0.2) is 0 Å². The van der Waals surface area contributed by atoms with Gasteiger partial charge in [0.1, 0.15) is 0 Å². The summed E-state index contributed by atoms with van der Waals surface area (Å²) < 4.78 is 0. The van der Waals surface area contributed by atoms with Crippen LogP contribution in [0.1, 0.15) is 53.4 Å². The van der Waals surface area contributed by atoms with Gasteiger partial charge in [0.05, 0.1) is 6.10 Å². The lowest BCUT2D eigenvalue weighted by Gasteiger charge is -2.42. The summed E-state index contributed by atoms with van der Waals surface area (Å²) in [5, 5.41) is 13.2. The Balaban J connectivity index is 2.52. The number of nitrogens with one attached hydrogen (secondary N) is 1. The third-order valence-electron chi connectivity index (χ3n) is 4.79. The summed E-state index contributed by atoms with van der Waals surface area (Å²) in [6, 6.07) is 0.669. The van der Waals surface area contributed by atoms with E-state index in [4.69, 9.17) is 0 Å². The monoisotopic (exact) mass is 284 g/mol. The molecule has 1 saturated carbocycles. The van der Waals surface area contributed by atoms with Gasteiger partial charge in [0.25, 0.3) is 0 Å². The maximum Gasteiger partial charge on any atom is 0.0524 e. The zero-order chi connectivity index (χ0) is 15.1. The van der Waals surface area contributed by atoms with Crippen LogP contribution >= 0.6 is 0 Å². The fourth-order valence-electron chi connectivity index (χ4n) is 3.64. The van der Waals surface area contributed by atoms with Gasteiger partial charge in [-0.05, 0) is 64.0 Å². The molecule has 0 bridgehead atoms. The van der Waals surface area contributed by atoms with Crippen LogP contribution in [0.15, 0.2) is 0 Å². The molecule has 0 amide bonds. The number of aliphatic hydroxyl groups excluding tert-OH is 1. The Morgan fingerprint density at radius 1 is 1.30 bits per heavy atom. The molecule has 0 aliphatic heterocycles. The van der Waals surface area contributed by atoms with Gasteiger partial charge < -0.3 is 15.3 Å². The normalized spacial score (nSPS) is 32.5. The number of rotatable bonds is 8. The van der Waals surface area contributed by atoms with Crippen molar-refractivity contribution in [3.8, 4) is 0 Å². The van der Waals surface area contributed by atoms with E-state index in [1.807, 2.05) is 6.92 Å². The quantitative estimate of drug-likeness (QED) is 0.719. The maximum absolute atomic E-state index is 9.42. The topological polar surface area (TPSA) is 35.5 Å². The molecular weight excluding hydrogens is 248 g/mol. The molecule has 5 unspecified atom stereocenters. The van der Waals surface area contributed by atoms with Crippen molar-refractivity contribution in [2.75, 3.05) is 26.7 Å². The van der Waals surface area contributed by atoms with Gasteiger partial charge in [-0.2, -0.15) is 0 Å². The van der Waals surface area contributed by atoms with Crippen molar-refractivity contribution in [2.24, 2.45) is 17.8 Å². The van der Waals surface area contributed by atoms with E-state index in [1.165, 1.54) is 19.3 Å². The first-order chi connectivity index (χ1) is 9.43. The Labute approximate surface area is 126 Å². The summed E-state index contributed by atoms with van der Waals surface area (Å²) in [6.07, 6.45) is 4.58. The Bertz CT molecular complexity index is 257. The second-order valence-corrected chi connectivity index (χ2v) is 7.18. The van der Waals surface area contributed by atoms with E-state index >= 15 is 0 Å². The molecule has 0 aromatic heterocycles. The van der Waals surface area contributed by atoms with Crippen LogP contribution in [-0.2, 0) is 0 Å². The van der Waals surface area contributed by atoms with Crippen molar-refractivity contribution >= 4 is 0 Å². The highest BCUT2D eigenvalue weighted by Crippen LogP contribution is 2.34. The van der Waals surface area contributed by atoms with Gasteiger partial charge in [0.15, 0.2) is 0 Å². The van der Waals surface area contributed by atoms with E-state index in [2.05, 4.69) is 38.0 Å². The first-order valence-electron chi connectivity index (χ1n) is 8.54. The second kappa shape index (κ2) is 9.01. The highest BCUT2D eigenvalue weighted by molar-refractivity contribution is 4.89. The molecule has 5 atom stereocenters. The predicted octanol–water partition coefficient (Wildman–Crippen LogP) is 2.74. The van der Waals surface area contributed by atoms with Crippen molar-refractivity contribution in [3.05, 3.63) is 0 Å². The van der Waals surface area contributed by atoms with E-state index in [1.54, 1.807) is 0 Å². The lowest BCUT2D eigenvalue weighted by molar-refractivity contribution is 0.101. The molecule has 1 aliphatic carbocycles. The lowest BCUT2D eigenvalue weighted by atomic mass is 9.72. The molecule has 3 heteroatoms. The fraction of sp³-hybridized carbons (Fsp3) is 1.00. The van der Waals surface area contributed by atoms with Crippen LogP contribution in [-0.4, -0.2) is 48.8 Å². The molecule has 0 radical (unpaired) electrons. The molecule has 0 aromatic carbocycles. The predicted molar refractivity (Wildman–Crippen MR) is 86.9 cm³/mol. The van der Waals surface area contributed by atoms with Gasteiger partial charge in [-0.3, -0.25) is 0 Å². The second-order valence-electron chi connectivity index (χ2n) is 7.18. The van der Waals surface area contributed by atoms with Crippen LogP contribution < -0.4 is 5.32 Å². The smallest absolute Gasteiger partial charge is 0.0524 e. The average Bonchev–Trinajstić information content (AvgIpc) is 2.37. The van der Waals surface area contributed by atoms with E-state index in [9.17, 15) is 5.11 Å². The Kier molecular flexibility index (Phi) is 8.08. The molecule has 120 valence electrons. The molecule has 0 heterocycles. The standard InChI is InChI=1S/C17H36N2O/c1-6-8-18-17-11-13(2)10-14(3)16(17)12-19(5)9-7-15(4)20/h13-18,20H,6-12H2,1-5H3. The molecule has 1 rings (SSSR count). The first kappa shape index (κ1) is 17.9. The van der Waals surface area contributed by atoms with Crippen molar-refractivity contribution in [2.45, 2.75) is 65.5 Å². The van der Waals surface area contributed by atoms with Crippen LogP contribution in [0, 0.1) is 17.8 Å². The van der Waals surface area contributed by atoms with Gasteiger partial charge in [0, 0.05) is 19.1 Å². The summed E-state index contributed by atoms with van der Waals surface area (Å²) in [5.41, 5.74) is 0. The molecule has 0 spiro atoms. The van der Waals surface area contributed by atoms with Crippen LogP contribution in [0.3, 0.4) is 0 Å². The Hall–Kier alpha value is -0.120. The molecular formula is C17H36N2O. The maximum atomic E-state index is 9.42. The van der Waals surface area contributed by atoms with Gasteiger partial charge >= 0.3 is 0 Å². The van der Waals surface area contributed by atoms with Crippen LogP contribution in [0.25, 0.3) is 0 Å². The van der Waals surface area contributed by atoms with Gasteiger partial charge in [-0.15, -0.1) is 0 Å². The minimum atomic E-state index is -0.185. The SMILES string of the molecule is CCCNC1CC(C)CC(C)C1CN(C)CCC(C)O. The van der Waals surface area contributed by atoms with E-state index in [0.29, 0.717) is 6.04 Å². The highest BCUT2D eigenvalue weighted by atomic mass is 16.3. The Morgan fingerprint density at radius 2 is 2.00 bits per heavy atom. The summed E-state index contributed by atoms with van der Waals surface area (Å²) >= 11 is 0. The number of nitrogens with zero attached hydrogens (tertiary/aromatic N) is 1. The van der Waals surface area contributed by atoms with Crippen molar-refractivity contribution in [1.29, 1.82) is 0 Å². The molecule has 20 heavy (non-hydrogen) atoms. The molecule has 0 aromatic rings. The summed E-state index contributed by atoms with van der Waals surface area (Å²) in [6.45, 7) is 12.2. The van der Waals surface area contributed by atoms with Crippen LogP contribution in [0.5, 0.6) is 0 Å². The van der Waals surface area contributed by atoms with Crippen molar-refractivity contribution < 1.29 is 5.11 Å². The average molecular weight is 284 g/mol. The fourth-order valence-corrected chi connectivity index (χ4v) is 3.64. The zero-order valence-corrected chi connectivity index (χ0v) is 14.2. The van der Waals surface area contributed by atoms with E-state index < -0.39 is 0 Å². The summed E-state index contributed by atoms with van der Waals surface area (Å²) in [5.74, 6) is 2.39. The Morgan fingerprint density at radius 3 is 2.60 bits per heavy atom. The minimum Gasteiger partial charge on any atom is -0.393 e.